The molecule has 0 aliphatic rings. The lowest BCUT2D eigenvalue weighted by molar-refractivity contribution is 0.0950. The molecule has 4 nitrogen and oxygen atoms in total. The van der Waals surface area contributed by atoms with Gasteiger partial charge in [0.15, 0.2) is 0 Å². The second kappa shape index (κ2) is 7.12. The fraction of sp³-hybridized carbons (Fsp3) is 0.118. The second-order valence-electron chi connectivity index (χ2n) is 4.88. The van der Waals surface area contributed by atoms with Crippen molar-refractivity contribution >= 4 is 33.2 Å². The minimum atomic E-state index is -0.775. The summed E-state index contributed by atoms with van der Waals surface area (Å²) in [4.78, 5) is 13.9. The molecule has 6 heteroatoms. The predicted octanol–water partition coefficient (Wildman–Crippen LogP) is 4.12. The van der Waals surface area contributed by atoms with E-state index in [-0.39, 0.29) is 5.91 Å². The van der Waals surface area contributed by atoms with E-state index in [9.17, 15) is 9.90 Å². The smallest absolute Gasteiger partial charge is 0.252 e. The molecule has 0 aliphatic carbocycles. The molecule has 3 aromatic rings. The van der Waals surface area contributed by atoms with Crippen LogP contribution in [0.2, 0.25) is 0 Å². The van der Waals surface area contributed by atoms with Crippen LogP contribution in [0.3, 0.4) is 0 Å². The SMILES string of the molecule is O=C(NCc1ccc(C(O)c2ccco2)s1)c1ccccc1Br. The molecule has 0 aliphatic heterocycles. The molecule has 118 valence electrons. The molecule has 2 aromatic heterocycles. The van der Waals surface area contributed by atoms with E-state index >= 15 is 0 Å². The van der Waals surface area contributed by atoms with Gasteiger partial charge in [0, 0.05) is 14.2 Å². The number of aliphatic hydroxyl groups excluding tert-OH is 1. The Morgan fingerprint density at radius 3 is 2.78 bits per heavy atom. The molecule has 0 radical (unpaired) electrons. The minimum Gasteiger partial charge on any atom is -0.466 e. The van der Waals surface area contributed by atoms with Gasteiger partial charge in [-0.2, -0.15) is 0 Å². The van der Waals surface area contributed by atoms with Gasteiger partial charge in [-0.25, -0.2) is 0 Å². The van der Waals surface area contributed by atoms with Crippen LogP contribution >= 0.6 is 27.3 Å². The standard InChI is InChI=1S/C17H14BrNO3S/c18-13-5-2-1-4-12(13)17(21)19-10-11-7-8-15(23-11)16(20)14-6-3-9-22-14/h1-9,16,20H,10H2,(H,19,21). The van der Waals surface area contributed by atoms with Gasteiger partial charge >= 0.3 is 0 Å². The van der Waals surface area contributed by atoms with Crippen LogP contribution in [-0.2, 0) is 6.54 Å². The maximum absolute atomic E-state index is 12.2. The van der Waals surface area contributed by atoms with E-state index in [1.807, 2.05) is 30.3 Å². The number of halogens is 1. The van der Waals surface area contributed by atoms with Crippen molar-refractivity contribution in [3.05, 3.63) is 80.3 Å². The normalized spacial score (nSPS) is 12.1. The van der Waals surface area contributed by atoms with Crippen LogP contribution in [0.25, 0.3) is 0 Å². The van der Waals surface area contributed by atoms with Crippen LogP contribution in [-0.4, -0.2) is 11.0 Å². The number of nitrogens with one attached hydrogen (secondary N) is 1. The Kier molecular flexibility index (Phi) is 4.95. The topological polar surface area (TPSA) is 62.5 Å². The summed E-state index contributed by atoms with van der Waals surface area (Å²) in [5.41, 5.74) is 0.597. The number of hydrogen-bond donors (Lipinski definition) is 2. The summed E-state index contributed by atoms with van der Waals surface area (Å²) in [5, 5.41) is 13.1. The summed E-state index contributed by atoms with van der Waals surface area (Å²) in [6.45, 7) is 0.412. The van der Waals surface area contributed by atoms with Gasteiger partial charge in [-0.15, -0.1) is 11.3 Å². The lowest BCUT2D eigenvalue weighted by atomic mass is 10.2. The number of aliphatic hydroxyl groups is 1. The Bertz CT molecular complexity index is 798. The Labute approximate surface area is 145 Å². The number of carbonyl (C=O) groups is 1. The molecule has 0 saturated heterocycles. The molecule has 0 saturated carbocycles. The summed E-state index contributed by atoms with van der Waals surface area (Å²) >= 11 is 4.81. The number of thiophene rings is 1. The van der Waals surface area contributed by atoms with Crippen molar-refractivity contribution in [1.29, 1.82) is 0 Å². The summed E-state index contributed by atoms with van der Waals surface area (Å²) < 4.78 is 5.97. The molecule has 1 aromatic carbocycles. The maximum Gasteiger partial charge on any atom is 0.252 e. The monoisotopic (exact) mass is 391 g/mol. The number of carbonyl (C=O) groups excluding carboxylic acids is 1. The first-order chi connectivity index (χ1) is 11.1. The molecule has 1 unspecified atom stereocenters. The first-order valence-corrected chi connectivity index (χ1v) is 8.59. The highest BCUT2D eigenvalue weighted by atomic mass is 79.9. The molecular weight excluding hydrogens is 378 g/mol. The molecule has 1 atom stereocenters. The predicted molar refractivity (Wildman–Crippen MR) is 92.4 cm³/mol. The van der Waals surface area contributed by atoms with Crippen molar-refractivity contribution in [1.82, 2.24) is 5.32 Å². The third-order valence-electron chi connectivity index (χ3n) is 3.31. The molecular formula is C17H14BrNO3S. The lowest BCUT2D eigenvalue weighted by Gasteiger charge is -2.06. The number of rotatable bonds is 5. The van der Waals surface area contributed by atoms with Crippen molar-refractivity contribution in [2.24, 2.45) is 0 Å². The van der Waals surface area contributed by atoms with Crippen molar-refractivity contribution in [2.75, 3.05) is 0 Å². The first-order valence-electron chi connectivity index (χ1n) is 6.98. The number of furan rings is 1. The molecule has 1 amide bonds. The fourth-order valence-electron chi connectivity index (χ4n) is 2.13. The highest BCUT2D eigenvalue weighted by molar-refractivity contribution is 9.10. The van der Waals surface area contributed by atoms with E-state index in [4.69, 9.17) is 4.42 Å². The van der Waals surface area contributed by atoms with Crippen molar-refractivity contribution in [3.8, 4) is 0 Å². The van der Waals surface area contributed by atoms with Crippen LogP contribution in [0.4, 0.5) is 0 Å². The van der Waals surface area contributed by atoms with E-state index in [0.717, 1.165) is 14.2 Å². The van der Waals surface area contributed by atoms with Gasteiger partial charge in [0.2, 0.25) is 0 Å². The minimum absolute atomic E-state index is 0.140. The van der Waals surface area contributed by atoms with Gasteiger partial charge in [0.25, 0.3) is 5.91 Å². The van der Waals surface area contributed by atoms with Gasteiger partial charge in [-0.05, 0) is 52.3 Å². The van der Waals surface area contributed by atoms with E-state index in [1.165, 1.54) is 17.6 Å². The van der Waals surface area contributed by atoms with E-state index in [2.05, 4.69) is 21.2 Å². The van der Waals surface area contributed by atoms with Gasteiger partial charge in [0.05, 0.1) is 18.4 Å². The zero-order valence-electron chi connectivity index (χ0n) is 12.0. The zero-order valence-corrected chi connectivity index (χ0v) is 14.4. The zero-order chi connectivity index (χ0) is 16.2. The highest BCUT2D eigenvalue weighted by Gasteiger charge is 2.16. The average molecular weight is 392 g/mol. The molecule has 23 heavy (non-hydrogen) atoms. The van der Waals surface area contributed by atoms with Crippen LogP contribution in [0.5, 0.6) is 0 Å². The first kappa shape index (κ1) is 16.0. The van der Waals surface area contributed by atoms with Gasteiger partial charge in [0.1, 0.15) is 11.9 Å². The number of amides is 1. The van der Waals surface area contributed by atoms with Gasteiger partial charge in [-0.1, -0.05) is 12.1 Å². The third kappa shape index (κ3) is 3.72. The van der Waals surface area contributed by atoms with Crippen LogP contribution in [0.15, 0.2) is 63.7 Å². The molecule has 0 fully saturated rings. The van der Waals surface area contributed by atoms with Crippen molar-refractivity contribution < 1.29 is 14.3 Å². The van der Waals surface area contributed by atoms with Crippen molar-refractivity contribution in [3.63, 3.8) is 0 Å². The molecule has 0 spiro atoms. The average Bonchev–Trinajstić information content (AvgIpc) is 3.24. The van der Waals surface area contributed by atoms with Crippen LogP contribution in [0, 0.1) is 0 Å². The Morgan fingerprint density at radius 2 is 2.04 bits per heavy atom. The molecule has 3 rings (SSSR count). The van der Waals surface area contributed by atoms with Crippen LogP contribution in [0.1, 0.15) is 32.0 Å². The molecule has 0 bridgehead atoms. The van der Waals surface area contributed by atoms with E-state index < -0.39 is 6.10 Å². The van der Waals surface area contributed by atoms with Gasteiger partial charge < -0.3 is 14.8 Å². The highest BCUT2D eigenvalue weighted by Crippen LogP contribution is 2.28. The van der Waals surface area contributed by atoms with Crippen molar-refractivity contribution in [2.45, 2.75) is 12.6 Å². The third-order valence-corrected chi connectivity index (χ3v) is 5.14. The van der Waals surface area contributed by atoms with E-state index in [0.29, 0.717) is 17.9 Å². The summed E-state index contributed by atoms with van der Waals surface area (Å²) in [5.74, 6) is 0.370. The maximum atomic E-state index is 12.2. The van der Waals surface area contributed by atoms with E-state index in [1.54, 1.807) is 18.2 Å². The van der Waals surface area contributed by atoms with Crippen LogP contribution < -0.4 is 5.32 Å². The van der Waals surface area contributed by atoms with Gasteiger partial charge in [-0.3, -0.25) is 4.79 Å². The number of hydrogen-bond acceptors (Lipinski definition) is 4. The summed E-state index contributed by atoms with van der Waals surface area (Å²) in [6, 6.07) is 14.5. The molecule has 2 heterocycles. The second-order valence-corrected chi connectivity index (χ2v) is 6.94. The Hall–Kier alpha value is -1.89. The Morgan fingerprint density at radius 1 is 1.22 bits per heavy atom. The fourth-order valence-corrected chi connectivity index (χ4v) is 3.54. The largest absolute Gasteiger partial charge is 0.466 e. The number of benzene rings is 1. The summed E-state index contributed by atoms with van der Waals surface area (Å²) in [7, 11) is 0. The lowest BCUT2D eigenvalue weighted by Crippen LogP contribution is -2.22. The Balaban J connectivity index is 1.64. The summed E-state index contributed by atoms with van der Waals surface area (Å²) in [6.07, 6.45) is 0.757. The quantitative estimate of drug-likeness (QED) is 0.687. The molecule has 2 N–H and O–H groups in total.